The van der Waals surface area contributed by atoms with E-state index in [-0.39, 0.29) is 6.42 Å². The summed E-state index contributed by atoms with van der Waals surface area (Å²) in [6.07, 6.45) is -2.97. The van der Waals surface area contributed by atoms with Crippen molar-refractivity contribution in [3.8, 4) is 11.5 Å². The van der Waals surface area contributed by atoms with Gasteiger partial charge in [-0.25, -0.2) is 0 Å². The number of rotatable bonds is 3. The van der Waals surface area contributed by atoms with Crippen LogP contribution in [0.1, 0.15) is 30.9 Å². The standard InChI is InChI=1S/C14H18F3NO2/c1-19-10-6-4-7-11(20-2)13(10)9-5-3-8-12(18-9)14(15,16)17/h4,6-7,9,12,18H,3,5,8H2,1-2H3. The van der Waals surface area contributed by atoms with Crippen LogP contribution in [0.4, 0.5) is 13.2 Å². The Kier molecular flexibility index (Phi) is 4.42. The van der Waals surface area contributed by atoms with Crippen molar-refractivity contribution < 1.29 is 22.6 Å². The Morgan fingerprint density at radius 2 is 1.70 bits per heavy atom. The molecule has 1 aliphatic rings. The van der Waals surface area contributed by atoms with Gasteiger partial charge in [-0.05, 0) is 31.4 Å². The van der Waals surface area contributed by atoms with Crippen LogP contribution in [-0.2, 0) is 0 Å². The minimum Gasteiger partial charge on any atom is -0.496 e. The van der Waals surface area contributed by atoms with Crippen molar-refractivity contribution in [3.63, 3.8) is 0 Å². The number of methoxy groups -OCH3 is 2. The molecule has 1 fully saturated rings. The summed E-state index contributed by atoms with van der Waals surface area (Å²) in [6, 6.07) is 3.33. The molecule has 0 bridgehead atoms. The molecule has 1 aliphatic heterocycles. The molecule has 1 aromatic rings. The molecule has 0 aliphatic carbocycles. The fourth-order valence-corrected chi connectivity index (χ4v) is 2.64. The molecule has 1 saturated heterocycles. The van der Waals surface area contributed by atoms with Crippen molar-refractivity contribution in [2.45, 2.75) is 37.5 Å². The van der Waals surface area contributed by atoms with Crippen LogP contribution in [0, 0.1) is 0 Å². The largest absolute Gasteiger partial charge is 0.496 e. The lowest BCUT2D eigenvalue weighted by Crippen LogP contribution is -2.46. The number of benzene rings is 1. The van der Waals surface area contributed by atoms with E-state index in [1.807, 2.05) is 0 Å². The summed E-state index contributed by atoms with van der Waals surface area (Å²) in [5.74, 6) is 1.09. The number of ether oxygens (including phenoxy) is 2. The molecule has 0 saturated carbocycles. The van der Waals surface area contributed by atoms with E-state index in [1.54, 1.807) is 18.2 Å². The molecule has 0 radical (unpaired) electrons. The second-order valence-electron chi connectivity index (χ2n) is 4.82. The Morgan fingerprint density at radius 3 is 2.20 bits per heavy atom. The van der Waals surface area contributed by atoms with E-state index in [4.69, 9.17) is 9.47 Å². The molecule has 112 valence electrons. The molecular formula is C14H18F3NO2. The number of nitrogens with one attached hydrogen (secondary N) is 1. The van der Waals surface area contributed by atoms with Gasteiger partial charge in [0.05, 0.1) is 19.8 Å². The monoisotopic (exact) mass is 289 g/mol. The molecule has 0 aromatic heterocycles. The van der Waals surface area contributed by atoms with Crippen molar-refractivity contribution in [1.82, 2.24) is 5.32 Å². The van der Waals surface area contributed by atoms with E-state index in [0.29, 0.717) is 29.9 Å². The van der Waals surface area contributed by atoms with Gasteiger partial charge in [-0.15, -0.1) is 0 Å². The Morgan fingerprint density at radius 1 is 1.10 bits per heavy atom. The topological polar surface area (TPSA) is 30.5 Å². The van der Waals surface area contributed by atoms with Gasteiger partial charge in [-0.2, -0.15) is 13.2 Å². The molecular weight excluding hydrogens is 271 g/mol. The highest BCUT2D eigenvalue weighted by Crippen LogP contribution is 2.40. The van der Waals surface area contributed by atoms with Gasteiger partial charge in [0.2, 0.25) is 0 Å². The first-order chi connectivity index (χ1) is 9.47. The van der Waals surface area contributed by atoms with E-state index in [9.17, 15) is 13.2 Å². The van der Waals surface area contributed by atoms with Gasteiger partial charge < -0.3 is 9.47 Å². The summed E-state index contributed by atoms with van der Waals surface area (Å²) in [6.45, 7) is 0. The molecule has 6 heteroatoms. The predicted octanol–water partition coefficient (Wildman–Crippen LogP) is 3.45. The summed E-state index contributed by atoms with van der Waals surface area (Å²) in [5.41, 5.74) is 0.659. The number of alkyl halides is 3. The van der Waals surface area contributed by atoms with Crippen LogP contribution in [0.15, 0.2) is 18.2 Å². The van der Waals surface area contributed by atoms with Gasteiger partial charge in [-0.1, -0.05) is 6.07 Å². The highest BCUT2D eigenvalue weighted by atomic mass is 19.4. The molecule has 2 unspecified atom stereocenters. The van der Waals surface area contributed by atoms with Crippen LogP contribution in [0.5, 0.6) is 11.5 Å². The van der Waals surface area contributed by atoms with Crippen molar-refractivity contribution in [2.24, 2.45) is 0 Å². The van der Waals surface area contributed by atoms with Crippen molar-refractivity contribution in [3.05, 3.63) is 23.8 Å². The fourth-order valence-electron chi connectivity index (χ4n) is 2.64. The van der Waals surface area contributed by atoms with Crippen LogP contribution >= 0.6 is 0 Å². The third-order valence-electron chi connectivity index (χ3n) is 3.60. The average Bonchev–Trinajstić information content (AvgIpc) is 2.45. The van der Waals surface area contributed by atoms with Gasteiger partial charge in [0.15, 0.2) is 0 Å². The number of piperidine rings is 1. The molecule has 1 aromatic carbocycles. The molecule has 2 rings (SSSR count). The zero-order valence-corrected chi connectivity index (χ0v) is 11.5. The lowest BCUT2D eigenvalue weighted by molar-refractivity contribution is -0.163. The maximum absolute atomic E-state index is 12.9. The van der Waals surface area contributed by atoms with Crippen molar-refractivity contribution in [1.29, 1.82) is 0 Å². The highest BCUT2D eigenvalue weighted by Gasteiger charge is 2.43. The maximum atomic E-state index is 12.9. The third-order valence-corrected chi connectivity index (χ3v) is 3.60. The molecule has 1 heterocycles. The van der Waals surface area contributed by atoms with E-state index in [1.165, 1.54) is 14.2 Å². The molecule has 20 heavy (non-hydrogen) atoms. The van der Waals surface area contributed by atoms with Crippen LogP contribution in [0.2, 0.25) is 0 Å². The smallest absolute Gasteiger partial charge is 0.403 e. The minimum absolute atomic E-state index is 0.109. The highest BCUT2D eigenvalue weighted by molar-refractivity contribution is 5.47. The predicted molar refractivity (Wildman–Crippen MR) is 69.1 cm³/mol. The zero-order valence-electron chi connectivity index (χ0n) is 11.5. The first-order valence-corrected chi connectivity index (χ1v) is 6.51. The first kappa shape index (κ1) is 15.0. The Labute approximate surface area is 116 Å². The summed E-state index contributed by atoms with van der Waals surface area (Å²) in [4.78, 5) is 0. The second-order valence-corrected chi connectivity index (χ2v) is 4.82. The van der Waals surface area contributed by atoms with Crippen LogP contribution in [-0.4, -0.2) is 26.4 Å². The normalized spacial score (nSPS) is 23.4. The fraction of sp³-hybridized carbons (Fsp3) is 0.571. The van der Waals surface area contributed by atoms with Gasteiger partial charge >= 0.3 is 6.18 Å². The summed E-state index contributed by atoms with van der Waals surface area (Å²) >= 11 is 0. The number of halogens is 3. The molecule has 2 atom stereocenters. The molecule has 1 N–H and O–H groups in total. The lowest BCUT2D eigenvalue weighted by Gasteiger charge is -2.33. The summed E-state index contributed by atoms with van der Waals surface area (Å²) in [7, 11) is 3.00. The average molecular weight is 289 g/mol. The Bertz CT molecular complexity index is 440. The van der Waals surface area contributed by atoms with Crippen molar-refractivity contribution in [2.75, 3.05) is 14.2 Å². The van der Waals surface area contributed by atoms with Crippen LogP contribution in [0.3, 0.4) is 0 Å². The molecule has 0 amide bonds. The van der Waals surface area contributed by atoms with Gasteiger partial charge in [0, 0.05) is 6.04 Å². The lowest BCUT2D eigenvalue weighted by atomic mass is 9.92. The number of hydrogen-bond donors (Lipinski definition) is 1. The molecule has 0 spiro atoms. The minimum atomic E-state index is -4.23. The summed E-state index contributed by atoms with van der Waals surface area (Å²) in [5, 5.41) is 2.67. The Balaban J connectivity index is 2.31. The van der Waals surface area contributed by atoms with E-state index in [0.717, 1.165) is 0 Å². The van der Waals surface area contributed by atoms with Gasteiger partial charge in [-0.3, -0.25) is 5.32 Å². The maximum Gasteiger partial charge on any atom is 0.403 e. The van der Waals surface area contributed by atoms with Crippen molar-refractivity contribution >= 4 is 0 Å². The van der Waals surface area contributed by atoms with E-state index in [2.05, 4.69) is 5.32 Å². The first-order valence-electron chi connectivity index (χ1n) is 6.51. The van der Waals surface area contributed by atoms with Gasteiger partial charge in [0.25, 0.3) is 0 Å². The summed E-state index contributed by atoms with van der Waals surface area (Å²) < 4.78 is 49.1. The second kappa shape index (κ2) is 5.91. The SMILES string of the molecule is COc1cccc(OC)c1C1CCCC(C(F)(F)F)N1. The van der Waals surface area contributed by atoms with Gasteiger partial charge in [0.1, 0.15) is 17.5 Å². The van der Waals surface area contributed by atoms with Crippen LogP contribution in [0.25, 0.3) is 0 Å². The van der Waals surface area contributed by atoms with E-state index >= 15 is 0 Å². The van der Waals surface area contributed by atoms with Crippen LogP contribution < -0.4 is 14.8 Å². The van der Waals surface area contributed by atoms with E-state index < -0.39 is 18.3 Å². The zero-order chi connectivity index (χ0) is 14.8. The number of hydrogen-bond acceptors (Lipinski definition) is 3. The Hall–Kier alpha value is -1.43. The molecule has 3 nitrogen and oxygen atoms in total. The third kappa shape index (κ3) is 3.00. The quantitative estimate of drug-likeness (QED) is 0.924.